The van der Waals surface area contributed by atoms with Crippen LogP contribution in [0.2, 0.25) is 0 Å². The van der Waals surface area contributed by atoms with E-state index in [0.717, 1.165) is 21.3 Å². The summed E-state index contributed by atoms with van der Waals surface area (Å²) < 4.78 is 5.97. The number of hydrogen-bond acceptors (Lipinski definition) is 4. The van der Waals surface area contributed by atoms with E-state index >= 15 is 0 Å². The molecule has 1 aliphatic rings. The number of hydrogen-bond donors (Lipinski definition) is 1. The van der Waals surface area contributed by atoms with Crippen molar-refractivity contribution in [2.45, 2.75) is 19.9 Å². The number of benzene rings is 2. The van der Waals surface area contributed by atoms with Crippen molar-refractivity contribution in [1.29, 1.82) is 0 Å². The molecule has 0 unspecified atom stereocenters. The lowest BCUT2D eigenvalue weighted by molar-refractivity contribution is 0.0526. The number of anilines is 1. The summed E-state index contributed by atoms with van der Waals surface area (Å²) in [7, 11) is 0. The number of aromatic amines is 1. The average molecular weight is 440 g/mol. The highest BCUT2D eigenvalue weighted by atomic mass is 79.9. The SMILES string of the molecule is CCOC(=O)c1ccc(N2C(=O)c3n[nH]c(C)c3[C@@H]2c2cccc(Br)c2)cc1. The highest BCUT2D eigenvalue weighted by molar-refractivity contribution is 9.10. The van der Waals surface area contributed by atoms with Gasteiger partial charge < -0.3 is 4.74 Å². The number of fused-ring (bicyclic) bond motifs is 1. The van der Waals surface area contributed by atoms with Crippen LogP contribution in [0.5, 0.6) is 0 Å². The molecule has 0 spiro atoms. The lowest BCUT2D eigenvalue weighted by Crippen LogP contribution is -2.29. The molecule has 3 aromatic rings. The molecule has 4 rings (SSSR count). The predicted molar refractivity (Wildman–Crippen MR) is 109 cm³/mol. The number of aromatic nitrogens is 2. The van der Waals surface area contributed by atoms with Crippen LogP contribution in [0.25, 0.3) is 0 Å². The largest absolute Gasteiger partial charge is 0.462 e. The topological polar surface area (TPSA) is 75.3 Å². The van der Waals surface area contributed by atoms with Gasteiger partial charge in [-0.1, -0.05) is 28.1 Å². The summed E-state index contributed by atoms with van der Waals surface area (Å²) in [5.74, 6) is -0.553. The van der Waals surface area contributed by atoms with Gasteiger partial charge in [0.15, 0.2) is 5.69 Å². The van der Waals surface area contributed by atoms with Gasteiger partial charge in [-0.05, 0) is 55.8 Å². The quantitative estimate of drug-likeness (QED) is 0.610. The second-order valence-corrected chi connectivity index (χ2v) is 7.43. The molecule has 2 aromatic carbocycles. The number of esters is 1. The van der Waals surface area contributed by atoms with Crippen molar-refractivity contribution < 1.29 is 14.3 Å². The maximum atomic E-state index is 13.1. The van der Waals surface area contributed by atoms with E-state index in [1.165, 1.54) is 0 Å². The van der Waals surface area contributed by atoms with Crippen LogP contribution in [0.15, 0.2) is 53.0 Å². The number of amides is 1. The van der Waals surface area contributed by atoms with Crippen molar-refractivity contribution in [2.75, 3.05) is 11.5 Å². The summed E-state index contributed by atoms with van der Waals surface area (Å²) in [6.07, 6.45) is 0. The first-order valence-corrected chi connectivity index (χ1v) is 9.71. The fourth-order valence-corrected chi connectivity index (χ4v) is 3.94. The van der Waals surface area contributed by atoms with Gasteiger partial charge in [-0.15, -0.1) is 0 Å². The van der Waals surface area contributed by atoms with Crippen molar-refractivity contribution in [3.8, 4) is 0 Å². The molecule has 1 aromatic heterocycles. The van der Waals surface area contributed by atoms with E-state index in [2.05, 4.69) is 26.1 Å². The van der Waals surface area contributed by atoms with Crippen molar-refractivity contribution in [3.63, 3.8) is 0 Å². The number of nitrogens with one attached hydrogen (secondary N) is 1. The van der Waals surface area contributed by atoms with E-state index < -0.39 is 0 Å². The Bertz CT molecular complexity index is 1060. The zero-order chi connectivity index (χ0) is 19.8. The standard InChI is InChI=1S/C21H18BrN3O3/c1-3-28-21(27)13-7-9-16(10-8-13)25-19(14-5-4-6-15(22)11-14)17-12(2)23-24-18(17)20(25)26/h4-11,19H,3H2,1-2H3,(H,23,24)/t19-/m0/s1. The molecule has 0 aliphatic carbocycles. The molecule has 1 amide bonds. The Morgan fingerprint density at radius 1 is 1.25 bits per heavy atom. The highest BCUT2D eigenvalue weighted by Gasteiger charge is 2.42. The molecule has 0 radical (unpaired) electrons. The molecule has 1 atom stereocenters. The fourth-order valence-electron chi connectivity index (χ4n) is 3.53. The summed E-state index contributed by atoms with van der Waals surface area (Å²) >= 11 is 3.51. The number of aryl methyl sites for hydroxylation is 1. The molecular formula is C21H18BrN3O3. The molecule has 142 valence electrons. The summed E-state index contributed by atoms with van der Waals surface area (Å²) in [4.78, 5) is 26.8. The second kappa shape index (κ2) is 7.24. The van der Waals surface area contributed by atoms with Gasteiger partial charge in [0.25, 0.3) is 5.91 Å². The van der Waals surface area contributed by atoms with Gasteiger partial charge in [0, 0.05) is 21.4 Å². The summed E-state index contributed by atoms with van der Waals surface area (Å²) in [6, 6.07) is 14.5. The first kappa shape index (κ1) is 18.4. The van der Waals surface area contributed by atoms with E-state index in [-0.39, 0.29) is 17.9 Å². The van der Waals surface area contributed by atoms with Crippen LogP contribution < -0.4 is 4.90 Å². The highest BCUT2D eigenvalue weighted by Crippen LogP contribution is 2.42. The number of carbonyl (C=O) groups is 2. The number of carbonyl (C=O) groups excluding carboxylic acids is 2. The third kappa shape index (κ3) is 3.01. The average Bonchev–Trinajstić information content (AvgIpc) is 3.20. The molecule has 1 N–H and O–H groups in total. The lowest BCUT2D eigenvalue weighted by Gasteiger charge is -2.26. The van der Waals surface area contributed by atoms with Crippen LogP contribution in [0, 0.1) is 6.92 Å². The van der Waals surface area contributed by atoms with Gasteiger partial charge in [-0.25, -0.2) is 4.79 Å². The maximum Gasteiger partial charge on any atom is 0.338 e. The van der Waals surface area contributed by atoms with Crippen LogP contribution in [0.3, 0.4) is 0 Å². The first-order valence-electron chi connectivity index (χ1n) is 8.92. The Hall–Kier alpha value is -2.93. The van der Waals surface area contributed by atoms with Gasteiger partial charge in [-0.3, -0.25) is 14.8 Å². The second-order valence-electron chi connectivity index (χ2n) is 6.51. The number of rotatable bonds is 4. The molecule has 28 heavy (non-hydrogen) atoms. The Morgan fingerprint density at radius 2 is 2.00 bits per heavy atom. The number of halogens is 1. The smallest absolute Gasteiger partial charge is 0.338 e. The molecular weight excluding hydrogens is 422 g/mol. The van der Waals surface area contributed by atoms with Gasteiger partial charge in [0.2, 0.25) is 0 Å². The fraction of sp³-hybridized carbons (Fsp3) is 0.190. The number of ether oxygens (including phenoxy) is 1. The van der Waals surface area contributed by atoms with E-state index in [9.17, 15) is 9.59 Å². The van der Waals surface area contributed by atoms with Crippen molar-refractivity contribution in [3.05, 3.63) is 81.1 Å². The van der Waals surface area contributed by atoms with Gasteiger partial charge >= 0.3 is 5.97 Å². The Labute approximate surface area is 170 Å². The van der Waals surface area contributed by atoms with Crippen LogP contribution in [-0.4, -0.2) is 28.7 Å². The zero-order valence-electron chi connectivity index (χ0n) is 15.4. The van der Waals surface area contributed by atoms with Gasteiger partial charge in [-0.2, -0.15) is 5.10 Å². The molecule has 7 heteroatoms. The molecule has 0 saturated carbocycles. The van der Waals surface area contributed by atoms with E-state index in [1.807, 2.05) is 31.2 Å². The Kier molecular flexibility index (Phi) is 4.77. The van der Waals surface area contributed by atoms with E-state index in [1.54, 1.807) is 36.1 Å². The molecule has 1 aliphatic heterocycles. The van der Waals surface area contributed by atoms with Gasteiger partial charge in [0.05, 0.1) is 18.2 Å². The van der Waals surface area contributed by atoms with E-state index in [4.69, 9.17) is 4.74 Å². The number of H-pyrrole nitrogens is 1. The Balaban J connectivity index is 1.79. The van der Waals surface area contributed by atoms with E-state index in [0.29, 0.717) is 23.6 Å². The minimum atomic E-state index is -0.380. The van der Waals surface area contributed by atoms with Crippen molar-refractivity contribution >= 4 is 33.5 Å². The van der Waals surface area contributed by atoms with Crippen LogP contribution >= 0.6 is 15.9 Å². The summed E-state index contributed by atoms with van der Waals surface area (Å²) in [5.41, 5.74) is 4.28. The number of nitrogens with zero attached hydrogens (tertiary/aromatic N) is 2. The summed E-state index contributed by atoms with van der Waals surface area (Å²) in [6.45, 7) is 4.00. The van der Waals surface area contributed by atoms with Crippen LogP contribution in [-0.2, 0) is 4.74 Å². The van der Waals surface area contributed by atoms with Crippen LogP contribution in [0.4, 0.5) is 5.69 Å². The lowest BCUT2D eigenvalue weighted by atomic mass is 9.99. The maximum absolute atomic E-state index is 13.1. The third-order valence-electron chi connectivity index (χ3n) is 4.77. The van der Waals surface area contributed by atoms with Gasteiger partial charge in [0.1, 0.15) is 0 Å². The molecule has 2 heterocycles. The molecule has 0 bridgehead atoms. The van der Waals surface area contributed by atoms with Crippen molar-refractivity contribution in [1.82, 2.24) is 10.2 Å². The normalized spacial score (nSPS) is 15.6. The molecule has 0 saturated heterocycles. The van der Waals surface area contributed by atoms with Crippen molar-refractivity contribution in [2.24, 2.45) is 0 Å². The minimum Gasteiger partial charge on any atom is -0.462 e. The monoisotopic (exact) mass is 439 g/mol. The summed E-state index contributed by atoms with van der Waals surface area (Å²) in [5, 5.41) is 7.14. The Morgan fingerprint density at radius 3 is 2.68 bits per heavy atom. The van der Waals surface area contributed by atoms with Crippen LogP contribution in [0.1, 0.15) is 50.6 Å². The molecule has 6 nitrogen and oxygen atoms in total. The first-order chi connectivity index (χ1) is 13.5. The zero-order valence-corrected chi connectivity index (χ0v) is 17.0. The third-order valence-corrected chi connectivity index (χ3v) is 5.26. The minimum absolute atomic E-state index is 0.173. The molecule has 0 fully saturated rings. The predicted octanol–water partition coefficient (Wildman–Crippen LogP) is 4.41.